The van der Waals surface area contributed by atoms with Gasteiger partial charge in [-0.05, 0) is 31.4 Å². The van der Waals surface area contributed by atoms with Gasteiger partial charge in [0, 0.05) is 12.6 Å². The summed E-state index contributed by atoms with van der Waals surface area (Å²) in [7, 11) is 0. The molecule has 1 heterocycles. The number of nitrogen functional groups attached to an aromatic ring is 1. The third-order valence-corrected chi connectivity index (χ3v) is 2.15. The average Bonchev–Trinajstić information content (AvgIpc) is 2.20. The summed E-state index contributed by atoms with van der Waals surface area (Å²) in [5.74, 6) is 0.542. The standard InChI is InChI=1S/C9H15ClN4O/c1-6(3-2-4-15)13-8-7(11)5-12-9(10)14-8/h5-6,15H,2-4,11H2,1H3,(H,12,13,14). The molecule has 0 fully saturated rings. The van der Waals surface area contributed by atoms with Gasteiger partial charge >= 0.3 is 0 Å². The molecule has 0 aliphatic rings. The molecule has 0 bridgehead atoms. The predicted molar refractivity (Wildman–Crippen MR) is 60.9 cm³/mol. The number of anilines is 2. The Morgan fingerprint density at radius 3 is 3.07 bits per heavy atom. The first-order valence-electron chi connectivity index (χ1n) is 4.79. The van der Waals surface area contributed by atoms with Crippen molar-refractivity contribution >= 4 is 23.1 Å². The molecule has 0 amide bonds. The zero-order chi connectivity index (χ0) is 11.3. The molecule has 0 aliphatic heterocycles. The molecule has 5 nitrogen and oxygen atoms in total. The normalized spacial score (nSPS) is 12.5. The van der Waals surface area contributed by atoms with Crippen molar-refractivity contribution in [2.45, 2.75) is 25.8 Å². The third-order valence-electron chi connectivity index (χ3n) is 1.97. The summed E-state index contributed by atoms with van der Waals surface area (Å²) in [5.41, 5.74) is 6.14. The summed E-state index contributed by atoms with van der Waals surface area (Å²) in [6.07, 6.45) is 3.06. The number of aromatic nitrogens is 2. The molecule has 0 saturated carbocycles. The minimum Gasteiger partial charge on any atom is -0.396 e. The fraction of sp³-hybridized carbons (Fsp3) is 0.556. The van der Waals surface area contributed by atoms with Crippen LogP contribution in [0.1, 0.15) is 19.8 Å². The van der Waals surface area contributed by atoms with E-state index in [1.165, 1.54) is 6.20 Å². The van der Waals surface area contributed by atoms with E-state index >= 15 is 0 Å². The number of aliphatic hydroxyl groups is 1. The van der Waals surface area contributed by atoms with Gasteiger partial charge in [0.25, 0.3) is 0 Å². The minimum absolute atomic E-state index is 0.168. The van der Waals surface area contributed by atoms with Crippen molar-refractivity contribution in [2.24, 2.45) is 0 Å². The van der Waals surface area contributed by atoms with E-state index in [9.17, 15) is 0 Å². The van der Waals surface area contributed by atoms with Crippen LogP contribution in [0, 0.1) is 0 Å². The van der Waals surface area contributed by atoms with Crippen molar-refractivity contribution in [3.63, 3.8) is 0 Å². The number of hydrogen-bond acceptors (Lipinski definition) is 5. The first kappa shape index (κ1) is 12.0. The fourth-order valence-electron chi connectivity index (χ4n) is 1.19. The van der Waals surface area contributed by atoms with Crippen LogP contribution in [0.5, 0.6) is 0 Å². The van der Waals surface area contributed by atoms with Crippen LogP contribution in [-0.4, -0.2) is 27.7 Å². The monoisotopic (exact) mass is 230 g/mol. The van der Waals surface area contributed by atoms with Crippen molar-refractivity contribution in [2.75, 3.05) is 17.7 Å². The van der Waals surface area contributed by atoms with E-state index in [1.807, 2.05) is 6.92 Å². The number of hydrogen-bond donors (Lipinski definition) is 3. The second-order valence-corrected chi connectivity index (χ2v) is 3.69. The molecule has 0 spiro atoms. The zero-order valence-corrected chi connectivity index (χ0v) is 9.33. The summed E-state index contributed by atoms with van der Waals surface area (Å²) in [4.78, 5) is 7.73. The minimum atomic E-state index is 0.168. The van der Waals surface area contributed by atoms with Crippen molar-refractivity contribution < 1.29 is 5.11 Å². The SMILES string of the molecule is CC(CCCO)Nc1nc(Cl)ncc1N. The first-order valence-corrected chi connectivity index (χ1v) is 5.16. The molecule has 1 aromatic rings. The highest BCUT2D eigenvalue weighted by Crippen LogP contribution is 2.17. The van der Waals surface area contributed by atoms with Crippen LogP contribution in [-0.2, 0) is 0 Å². The summed E-state index contributed by atoms with van der Waals surface area (Å²) < 4.78 is 0. The van der Waals surface area contributed by atoms with Crippen molar-refractivity contribution in [1.29, 1.82) is 0 Å². The molecular weight excluding hydrogens is 216 g/mol. The molecular formula is C9H15ClN4O. The second kappa shape index (κ2) is 5.72. The maximum absolute atomic E-state index is 8.68. The van der Waals surface area contributed by atoms with Gasteiger partial charge in [-0.2, -0.15) is 4.98 Å². The van der Waals surface area contributed by atoms with Crippen LogP contribution in [0.25, 0.3) is 0 Å². The lowest BCUT2D eigenvalue weighted by molar-refractivity contribution is 0.282. The third kappa shape index (κ3) is 3.89. The highest BCUT2D eigenvalue weighted by atomic mass is 35.5. The van der Waals surface area contributed by atoms with Gasteiger partial charge in [-0.15, -0.1) is 0 Å². The van der Waals surface area contributed by atoms with E-state index < -0.39 is 0 Å². The number of rotatable bonds is 5. The molecule has 0 aliphatic carbocycles. The van der Waals surface area contributed by atoms with E-state index in [4.69, 9.17) is 22.4 Å². The largest absolute Gasteiger partial charge is 0.396 e. The molecule has 1 aromatic heterocycles. The molecule has 0 radical (unpaired) electrons. The Morgan fingerprint density at radius 2 is 2.40 bits per heavy atom. The van der Waals surface area contributed by atoms with Crippen molar-refractivity contribution in [3.8, 4) is 0 Å². The lowest BCUT2D eigenvalue weighted by Gasteiger charge is -2.14. The molecule has 6 heteroatoms. The highest BCUT2D eigenvalue weighted by Gasteiger charge is 2.06. The fourth-order valence-corrected chi connectivity index (χ4v) is 1.32. The Hall–Kier alpha value is -1.07. The summed E-state index contributed by atoms with van der Waals surface area (Å²) in [6, 6.07) is 0.186. The summed E-state index contributed by atoms with van der Waals surface area (Å²) in [5, 5.41) is 12.0. The van der Waals surface area contributed by atoms with Crippen LogP contribution in [0.3, 0.4) is 0 Å². The molecule has 84 valence electrons. The maximum Gasteiger partial charge on any atom is 0.224 e. The molecule has 1 unspecified atom stereocenters. The molecule has 4 N–H and O–H groups in total. The van der Waals surface area contributed by atoms with E-state index in [-0.39, 0.29) is 17.9 Å². The van der Waals surface area contributed by atoms with Crippen LogP contribution in [0.4, 0.5) is 11.5 Å². The quantitative estimate of drug-likeness (QED) is 0.664. The molecule has 1 atom stereocenters. The molecule has 0 aromatic carbocycles. The van der Waals surface area contributed by atoms with Crippen LogP contribution in [0.15, 0.2) is 6.20 Å². The van der Waals surface area contributed by atoms with Gasteiger partial charge in [0.1, 0.15) is 0 Å². The van der Waals surface area contributed by atoms with Crippen LogP contribution >= 0.6 is 11.6 Å². The van der Waals surface area contributed by atoms with Crippen molar-refractivity contribution in [3.05, 3.63) is 11.5 Å². The number of aliphatic hydroxyl groups excluding tert-OH is 1. The Kier molecular flexibility index (Phi) is 4.58. The highest BCUT2D eigenvalue weighted by molar-refractivity contribution is 6.28. The number of halogens is 1. The Bertz CT molecular complexity index is 321. The number of nitrogens with zero attached hydrogens (tertiary/aromatic N) is 2. The topological polar surface area (TPSA) is 84.1 Å². The van der Waals surface area contributed by atoms with Gasteiger partial charge in [0.15, 0.2) is 5.82 Å². The van der Waals surface area contributed by atoms with Crippen LogP contribution < -0.4 is 11.1 Å². The lowest BCUT2D eigenvalue weighted by atomic mass is 10.2. The summed E-state index contributed by atoms with van der Waals surface area (Å²) in [6.45, 7) is 2.18. The van der Waals surface area contributed by atoms with E-state index in [0.717, 1.165) is 12.8 Å². The van der Waals surface area contributed by atoms with Gasteiger partial charge in [0.2, 0.25) is 5.28 Å². The Morgan fingerprint density at radius 1 is 1.67 bits per heavy atom. The average molecular weight is 231 g/mol. The lowest BCUT2D eigenvalue weighted by Crippen LogP contribution is -2.17. The van der Waals surface area contributed by atoms with Crippen LogP contribution in [0.2, 0.25) is 5.28 Å². The number of nitrogens with one attached hydrogen (secondary N) is 1. The zero-order valence-electron chi connectivity index (χ0n) is 8.57. The Labute approximate surface area is 93.7 Å². The predicted octanol–water partition coefficient (Wildman–Crippen LogP) is 1.29. The molecule has 0 saturated heterocycles. The second-order valence-electron chi connectivity index (χ2n) is 3.35. The molecule has 1 rings (SSSR count). The smallest absolute Gasteiger partial charge is 0.224 e. The Balaban J connectivity index is 2.59. The van der Waals surface area contributed by atoms with E-state index in [1.54, 1.807) is 0 Å². The summed E-state index contributed by atoms with van der Waals surface area (Å²) >= 11 is 5.65. The van der Waals surface area contributed by atoms with Gasteiger partial charge in [-0.25, -0.2) is 4.98 Å². The number of nitrogens with two attached hydrogens (primary N) is 1. The van der Waals surface area contributed by atoms with Gasteiger partial charge in [-0.1, -0.05) is 0 Å². The van der Waals surface area contributed by atoms with E-state index in [2.05, 4.69) is 15.3 Å². The molecule has 15 heavy (non-hydrogen) atoms. The van der Waals surface area contributed by atoms with Gasteiger partial charge in [-0.3, -0.25) is 0 Å². The van der Waals surface area contributed by atoms with Crippen molar-refractivity contribution in [1.82, 2.24) is 9.97 Å². The first-order chi connectivity index (χ1) is 7.13. The van der Waals surface area contributed by atoms with Gasteiger partial charge < -0.3 is 16.2 Å². The van der Waals surface area contributed by atoms with E-state index in [0.29, 0.717) is 11.5 Å². The maximum atomic E-state index is 8.68. The van der Waals surface area contributed by atoms with Gasteiger partial charge in [0.05, 0.1) is 11.9 Å².